The van der Waals surface area contributed by atoms with Crippen molar-refractivity contribution >= 4 is 28.5 Å². The van der Waals surface area contributed by atoms with Crippen LogP contribution in [0.5, 0.6) is 0 Å². The Morgan fingerprint density at radius 1 is 0.929 bits per heavy atom. The molecule has 140 valence electrons. The first-order valence-corrected chi connectivity index (χ1v) is 8.93. The fraction of sp³-hybridized carbons (Fsp3) is 0.136. The van der Waals surface area contributed by atoms with E-state index < -0.39 is 5.82 Å². The lowest BCUT2D eigenvalue weighted by atomic mass is 9.94. The Labute approximate surface area is 160 Å². The molecule has 6 heteroatoms. The van der Waals surface area contributed by atoms with E-state index in [0.717, 1.165) is 10.3 Å². The Kier molecular flexibility index (Phi) is 4.61. The van der Waals surface area contributed by atoms with Gasteiger partial charge in [0.15, 0.2) is 0 Å². The van der Waals surface area contributed by atoms with Crippen LogP contribution < -0.4 is 5.32 Å². The van der Waals surface area contributed by atoms with E-state index in [2.05, 4.69) is 5.32 Å². The van der Waals surface area contributed by atoms with Gasteiger partial charge in [-0.2, -0.15) is 0 Å². The van der Waals surface area contributed by atoms with Crippen LogP contribution in [0.4, 0.5) is 4.39 Å². The number of carbonyl (C=O) groups is 3. The van der Waals surface area contributed by atoms with Crippen LogP contribution in [-0.2, 0) is 11.2 Å². The number of benzene rings is 3. The van der Waals surface area contributed by atoms with Gasteiger partial charge in [-0.3, -0.25) is 19.3 Å². The highest BCUT2D eigenvalue weighted by Crippen LogP contribution is 2.29. The van der Waals surface area contributed by atoms with Gasteiger partial charge in [-0.1, -0.05) is 36.4 Å². The van der Waals surface area contributed by atoms with E-state index in [1.165, 1.54) is 12.1 Å². The van der Waals surface area contributed by atoms with Crippen molar-refractivity contribution in [2.24, 2.45) is 0 Å². The lowest BCUT2D eigenvalue weighted by Crippen LogP contribution is -2.44. The van der Waals surface area contributed by atoms with Gasteiger partial charge in [-0.15, -0.1) is 0 Å². The molecule has 28 heavy (non-hydrogen) atoms. The molecule has 0 fully saturated rings. The molecule has 3 aromatic rings. The van der Waals surface area contributed by atoms with Gasteiger partial charge in [0.05, 0.1) is 6.42 Å². The molecule has 4 rings (SSSR count). The van der Waals surface area contributed by atoms with Crippen LogP contribution >= 0.6 is 0 Å². The van der Waals surface area contributed by atoms with Gasteiger partial charge >= 0.3 is 0 Å². The predicted molar refractivity (Wildman–Crippen MR) is 102 cm³/mol. The second-order valence-corrected chi connectivity index (χ2v) is 6.63. The number of hydrogen-bond donors (Lipinski definition) is 1. The average Bonchev–Trinajstić information content (AvgIpc) is 2.68. The Bertz CT molecular complexity index is 1060. The van der Waals surface area contributed by atoms with Crippen LogP contribution in [0.3, 0.4) is 0 Å². The number of hydrogen-bond acceptors (Lipinski definition) is 3. The highest BCUT2D eigenvalue weighted by molar-refractivity contribution is 6.25. The maximum absolute atomic E-state index is 13.2. The molecule has 1 heterocycles. The van der Waals surface area contributed by atoms with Crippen LogP contribution in [0.15, 0.2) is 60.7 Å². The second kappa shape index (κ2) is 7.23. The van der Waals surface area contributed by atoms with Crippen LogP contribution in [-0.4, -0.2) is 35.7 Å². The number of carbonyl (C=O) groups excluding carboxylic acids is 3. The predicted octanol–water partition coefficient (Wildman–Crippen LogP) is 2.93. The normalized spacial score (nSPS) is 13.1. The van der Waals surface area contributed by atoms with Gasteiger partial charge in [-0.25, -0.2) is 4.39 Å². The maximum atomic E-state index is 13.2. The Balaban J connectivity index is 1.44. The minimum atomic E-state index is -0.400. The number of halogens is 1. The molecule has 1 aliphatic heterocycles. The zero-order valence-corrected chi connectivity index (χ0v) is 14.9. The lowest BCUT2D eigenvalue weighted by molar-refractivity contribution is -0.120. The molecular formula is C22H17FN2O3. The number of nitrogens with one attached hydrogen (secondary N) is 1. The van der Waals surface area contributed by atoms with Crippen LogP contribution in [0.25, 0.3) is 10.8 Å². The third kappa shape index (κ3) is 3.24. The monoisotopic (exact) mass is 376 g/mol. The topological polar surface area (TPSA) is 66.5 Å². The molecule has 0 aliphatic carbocycles. The minimum absolute atomic E-state index is 0.0296. The molecule has 0 atom stereocenters. The molecule has 0 saturated heterocycles. The van der Waals surface area contributed by atoms with Gasteiger partial charge in [0.25, 0.3) is 11.8 Å². The largest absolute Gasteiger partial charge is 0.354 e. The molecule has 1 aliphatic rings. The van der Waals surface area contributed by atoms with E-state index in [4.69, 9.17) is 0 Å². The quantitative estimate of drug-likeness (QED) is 0.697. The van der Waals surface area contributed by atoms with E-state index in [1.54, 1.807) is 36.4 Å². The molecule has 5 nitrogen and oxygen atoms in total. The smallest absolute Gasteiger partial charge is 0.261 e. The highest BCUT2D eigenvalue weighted by Gasteiger charge is 2.32. The molecule has 0 saturated carbocycles. The lowest BCUT2D eigenvalue weighted by Gasteiger charge is -2.27. The summed E-state index contributed by atoms with van der Waals surface area (Å²) in [6, 6.07) is 16.5. The van der Waals surface area contributed by atoms with E-state index in [9.17, 15) is 18.8 Å². The Morgan fingerprint density at radius 3 is 2.21 bits per heavy atom. The third-order valence-electron chi connectivity index (χ3n) is 4.77. The van der Waals surface area contributed by atoms with E-state index in [-0.39, 0.29) is 37.2 Å². The van der Waals surface area contributed by atoms with E-state index >= 15 is 0 Å². The van der Waals surface area contributed by atoms with Gasteiger partial charge in [0.1, 0.15) is 5.82 Å². The molecule has 0 unspecified atom stereocenters. The summed E-state index contributed by atoms with van der Waals surface area (Å²) in [7, 11) is 0. The second-order valence-electron chi connectivity index (χ2n) is 6.63. The first-order chi connectivity index (χ1) is 13.5. The Morgan fingerprint density at radius 2 is 1.57 bits per heavy atom. The van der Waals surface area contributed by atoms with Gasteiger partial charge < -0.3 is 5.32 Å². The van der Waals surface area contributed by atoms with Gasteiger partial charge in [0, 0.05) is 29.6 Å². The summed E-state index contributed by atoms with van der Waals surface area (Å²) in [5.41, 5.74) is 1.53. The molecule has 0 radical (unpaired) electrons. The SMILES string of the molecule is O=C(Cc1cccc(F)c1)NCCN1C(=O)c2cccc3cccc(c23)C1=O. The van der Waals surface area contributed by atoms with Gasteiger partial charge in [-0.05, 0) is 35.2 Å². The first kappa shape index (κ1) is 17.9. The molecule has 0 spiro atoms. The molecule has 3 aromatic carbocycles. The van der Waals surface area contributed by atoms with Crippen molar-refractivity contribution in [2.75, 3.05) is 13.1 Å². The zero-order valence-electron chi connectivity index (χ0n) is 14.9. The summed E-state index contributed by atoms with van der Waals surface area (Å²) >= 11 is 0. The van der Waals surface area contributed by atoms with Crippen molar-refractivity contribution in [1.29, 1.82) is 0 Å². The summed E-state index contributed by atoms with van der Waals surface area (Å²) in [6.45, 7) is 0.195. The third-order valence-corrected chi connectivity index (χ3v) is 4.77. The van der Waals surface area contributed by atoms with E-state index in [0.29, 0.717) is 22.1 Å². The summed E-state index contributed by atoms with van der Waals surface area (Å²) in [6.07, 6.45) is 0.0296. The Hall–Kier alpha value is -3.54. The van der Waals surface area contributed by atoms with Crippen molar-refractivity contribution in [3.63, 3.8) is 0 Å². The standard InChI is InChI=1S/C22H17FN2O3/c23-16-7-1-4-14(12-16)13-19(26)24-10-11-25-21(27)17-8-2-5-15-6-3-9-18(20(15)17)22(25)28/h1-9,12H,10-11,13H2,(H,24,26). The van der Waals surface area contributed by atoms with Crippen molar-refractivity contribution < 1.29 is 18.8 Å². The first-order valence-electron chi connectivity index (χ1n) is 8.93. The molecule has 3 amide bonds. The van der Waals surface area contributed by atoms with Crippen LogP contribution in [0.2, 0.25) is 0 Å². The van der Waals surface area contributed by atoms with Crippen molar-refractivity contribution in [2.45, 2.75) is 6.42 Å². The number of nitrogens with zero attached hydrogens (tertiary/aromatic N) is 1. The minimum Gasteiger partial charge on any atom is -0.354 e. The fourth-order valence-corrected chi connectivity index (χ4v) is 3.49. The molecule has 0 bridgehead atoms. The van der Waals surface area contributed by atoms with Gasteiger partial charge in [0.2, 0.25) is 5.91 Å². The number of rotatable bonds is 5. The summed E-state index contributed by atoms with van der Waals surface area (Å²) in [4.78, 5) is 38.7. The maximum Gasteiger partial charge on any atom is 0.261 e. The van der Waals surface area contributed by atoms with Crippen molar-refractivity contribution in [1.82, 2.24) is 10.2 Å². The fourth-order valence-electron chi connectivity index (χ4n) is 3.49. The van der Waals surface area contributed by atoms with Crippen molar-refractivity contribution in [3.8, 4) is 0 Å². The number of imide groups is 1. The molecule has 1 N–H and O–H groups in total. The average molecular weight is 376 g/mol. The molecule has 0 aromatic heterocycles. The van der Waals surface area contributed by atoms with E-state index in [1.807, 2.05) is 12.1 Å². The number of amides is 3. The van der Waals surface area contributed by atoms with Crippen LogP contribution in [0.1, 0.15) is 26.3 Å². The summed E-state index contributed by atoms with van der Waals surface area (Å²) < 4.78 is 13.2. The summed E-state index contributed by atoms with van der Waals surface area (Å²) in [5.74, 6) is -1.44. The summed E-state index contributed by atoms with van der Waals surface area (Å²) in [5, 5.41) is 4.20. The van der Waals surface area contributed by atoms with Crippen LogP contribution in [0, 0.1) is 5.82 Å². The highest BCUT2D eigenvalue weighted by atomic mass is 19.1. The zero-order chi connectivity index (χ0) is 19.7. The van der Waals surface area contributed by atoms with Crippen molar-refractivity contribution in [3.05, 3.63) is 83.2 Å². The molecular weight excluding hydrogens is 359 g/mol.